The van der Waals surface area contributed by atoms with Crippen LogP contribution in [-0.2, 0) is 17.6 Å². The van der Waals surface area contributed by atoms with Crippen molar-refractivity contribution < 1.29 is 9.69 Å². The van der Waals surface area contributed by atoms with Crippen molar-refractivity contribution in [3.8, 4) is 0 Å². The Kier molecular flexibility index (Phi) is 3.83. The van der Waals surface area contributed by atoms with Gasteiger partial charge in [0.2, 0.25) is 5.91 Å². The molecule has 1 aromatic rings. The molecule has 1 heterocycles. The molecule has 102 valence electrons. The smallest absolute Gasteiger partial charge is 0.230 e. The van der Waals surface area contributed by atoms with Crippen molar-refractivity contribution in [3.05, 3.63) is 29.3 Å². The maximum absolute atomic E-state index is 11.9. The Bertz CT molecular complexity index is 464. The topological polar surface area (TPSA) is 33.5 Å². The molecule has 1 amide bonds. The van der Waals surface area contributed by atoms with E-state index in [1.807, 2.05) is 6.07 Å². The summed E-state index contributed by atoms with van der Waals surface area (Å²) < 4.78 is 0. The largest absolute Gasteiger partial charge is 0.334 e. The quantitative estimate of drug-likeness (QED) is 0.836. The van der Waals surface area contributed by atoms with Crippen LogP contribution in [0.2, 0.25) is 0 Å². The number of quaternary nitrogens is 1. The van der Waals surface area contributed by atoms with Gasteiger partial charge < -0.3 is 10.2 Å². The van der Waals surface area contributed by atoms with Crippen molar-refractivity contribution in [3.63, 3.8) is 0 Å². The summed E-state index contributed by atoms with van der Waals surface area (Å²) in [7, 11) is 0. The van der Waals surface area contributed by atoms with Gasteiger partial charge in [0.1, 0.15) is 0 Å². The second-order valence-corrected chi connectivity index (χ2v) is 5.84. The third-order valence-electron chi connectivity index (χ3n) is 4.40. The Morgan fingerprint density at radius 2 is 1.89 bits per heavy atom. The molecule has 3 heteroatoms. The highest BCUT2D eigenvalue weighted by Crippen LogP contribution is 2.24. The highest BCUT2D eigenvalue weighted by Gasteiger charge is 2.17. The molecule has 2 N–H and O–H groups in total. The minimum atomic E-state index is 0.164. The van der Waals surface area contributed by atoms with Gasteiger partial charge in [-0.05, 0) is 42.5 Å². The molecule has 19 heavy (non-hydrogen) atoms. The fraction of sp³-hybridized carbons (Fsp3) is 0.562. The predicted molar refractivity (Wildman–Crippen MR) is 76.5 cm³/mol. The summed E-state index contributed by atoms with van der Waals surface area (Å²) in [6.07, 6.45) is 6.90. The predicted octanol–water partition coefficient (Wildman–Crippen LogP) is 1.18. The molecule has 0 saturated carbocycles. The molecule has 0 aromatic heterocycles. The van der Waals surface area contributed by atoms with E-state index in [0.717, 1.165) is 18.7 Å². The van der Waals surface area contributed by atoms with Crippen LogP contribution in [0.15, 0.2) is 18.2 Å². The van der Waals surface area contributed by atoms with E-state index in [4.69, 9.17) is 0 Å². The highest BCUT2D eigenvalue weighted by atomic mass is 16.1. The zero-order valence-electron chi connectivity index (χ0n) is 11.5. The average Bonchev–Trinajstić information content (AvgIpc) is 3.07. The fourth-order valence-corrected chi connectivity index (χ4v) is 3.29. The number of nitrogens with one attached hydrogen (secondary N) is 2. The van der Waals surface area contributed by atoms with Gasteiger partial charge in [-0.3, -0.25) is 4.79 Å². The summed E-state index contributed by atoms with van der Waals surface area (Å²) in [5.41, 5.74) is 3.85. The Morgan fingerprint density at radius 1 is 1.11 bits per heavy atom. The van der Waals surface area contributed by atoms with E-state index in [0.29, 0.717) is 6.42 Å². The number of carbonyl (C=O) groups is 1. The van der Waals surface area contributed by atoms with Gasteiger partial charge in [0.25, 0.3) is 0 Å². The molecule has 1 saturated heterocycles. The van der Waals surface area contributed by atoms with Gasteiger partial charge in [-0.1, -0.05) is 6.07 Å². The van der Waals surface area contributed by atoms with Gasteiger partial charge in [-0.2, -0.15) is 0 Å². The van der Waals surface area contributed by atoms with Gasteiger partial charge >= 0.3 is 0 Å². The SMILES string of the molecule is O=C(CC[NH+]1CCCC1)Nc1ccc2c(c1)CCC2. The number of rotatable bonds is 4. The summed E-state index contributed by atoms with van der Waals surface area (Å²) in [6, 6.07) is 6.37. The molecule has 0 spiro atoms. The lowest BCUT2D eigenvalue weighted by Gasteiger charge is -2.12. The first kappa shape index (κ1) is 12.7. The van der Waals surface area contributed by atoms with E-state index in [1.54, 1.807) is 4.90 Å². The number of fused-ring (bicyclic) bond motifs is 1. The van der Waals surface area contributed by atoms with E-state index in [9.17, 15) is 4.79 Å². The molecule has 0 bridgehead atoms. The zero-order chi connectivity index (χ0) is 13.1. The van der Waals surface area contributed by atoms with Crippen molar-refractivity contribution in [2.24, 2.45) is 0 Å². The number of anilines is 1. The maximum atomic E-state index is 11.9. The summed E-state index contributed by atoms with van der Waals surface area (Å²) in [5, 5.41) is 3.04. The van der Waals surface area contributed by atoms with E-state index in [1.165, 1.54) is 49.9 Å². The molecule has 3 nitrogen and oxygen atoms in total. The lowest BCUT2D eigenvalue weighted by atomic mass is 10.1. The first-order valence-corrected chi connectivity index (χ1v) is 7.56. The molecule has 2 aliphatic rings. The zero-order valence-corrected chi connectivity index (χ0v) is 11.5. The summed E-state index contributed by atoms with van der Waals surface area (Å²) in [4.78, 5) is 13.5. The second-order valence-electron chi connectivity index (χ2n) is 5.84. The summed E-state index contributed by atoms with van der Waals surface area (Å²) in [6.45, 7) is 3.47. The van der Waals surface area contributed by atoms with Crippen LogP contribution < -0.4 is 10.2 Å². The van der Waals surface area contributed by atoms with Crippen LogP contribution in [0.4, 0.5) is 5.69 Å². The van der Waals surface area contributed by atoms with Crippen molar-refractivity contribution in [1.82, 2.24) is 0 Å². The van der Waals surface area contributed by atoms with Gasteiger partial charge in [0.05, 0.1) is 26.1 Å². The van der Waals surface area contributed by atoms with Gasteiger partial charge in [-0.25, -0.2) is 0 Å². The molecule has 0 atom stereocenters. The number of amides is 1. The van der Waals surface area contributed by atoms with Crippen LogP contribution in [-0.4, -0.2) is 25.5 Å². The third kappa shape index (κ3) is 3.16. The average molecular weight is 259 g/mol. The highest BCUT2D eigenvalue weighted by molar-refractivity contribution is 5.90. The molecule has 0 radical (unpaired) electrons. The van der Waals surface area contributed by atoms with Gasteiger partial charge in [0.15, 0.2) is 0 Å². The first-order chi connectivity index (χ1) is 9.31. The number of carbonyl (C=O) groups excluding carboxylic acids is 1. The number of aryl methyl sites for hydroxylation is 2. The fourth-order valence-electron chi connectivity index (χ4n) is 3.29. The van der Waals surface area contributed by atoms with Crippen LogP contribution >= 0.6 is 0 Å². The Balaban J connectivity index is 1.51. The van der Waals surface area contributed by atoms with E-state index in [-0.39, 0.29) is 5.91 Å². The third-order valence-corrected chi connectivity index (χ3v) is 4.40. The van der Waals surface area contributed by atoms with Crippen LogP contribution in [0.5, 0.6) is 0 Å². The minimum Gasteiger partial charge on any atom is -0.334 e. The van der Waals surface area contributed by atoms with Gasteiger partial charge in [-0.15, -0.1) is 0 Å². The number of benzene rings is 1. The van der Waals surface area contributed by atoms with Crippen molar-refractivity contribution >= 4 is 11.6 Å². The van der Waals surface area contributed by atoms with Crippen molar-refractivity contribution in [2.45, 2.75) is 38.5 Å². The van der Waals surface area contributed by atoms with Crippen molar-refractivity contribution in [1.29, 1.82) is 0 Å². The standard InChI is InChI=1S/C16H22N2O/c19-16(8-11-18-9-1-2-10-18)17-15-7-6-13-4-3-5-14(13)12-15/h6-7,12H,1-5,8-11H2,(H,17,19)/p+1. The molecule has 1 aliphatic heterocycles. The number of likely N-dealkylation sites (tertiary alicyclic amines) is 1. The molecule has 1 fully saturated rings. The van der Waals surface area contributed by atoms with E-state index >= 15 is 0 Å². The minimum absolute atomic E-state index is 0.164. The Hall–Kier alpha value is -1.35. The Morgan fingerprint density at radius 3 is 2.74 bits per heavy atom. The van der Waals surface area contributed by atoms with Crippen LogP contribution in [0.25, 0.3) is 0 Å². The molecule has 0 unspecified atom stereocenters. The van der Waals surface area contributed by atoms with Gasteiger partial charge in [0, 0.05) is 18.5 Å². The molecule has 1 aliphatic carbocycles. The van der Waals surface area contributed by atoms with E-state index < -0.39 is 0 Å². The molecular formula is C16H23N2O+. The lowest BCUT2D eigenvalue weighted by molar-refractivity contribution is -0.886. The Labute approximate surface area is 115 Å². The lowest BCUT2D eigenvalue weighted by Crippen LogP contribution is -3.10. The summed E-state index contributed by atoms with van der Waals surface area (Å²) in [5.74, 6) is 0.164. The van der Waals surface area contributed by atoms with Crippen molar-refractivity contribution in [2.75, 3.05) is 25.0 Å². The van der Waals surface area contributed by atoms with Crippen LogP contribution in [0.3, 0.4) is 0 Å². The van der Waals surface area contributed by atoms with E-state index in [2.05, 4.69) is 17.4 Å². The molecular weight excluding hydrogens is 236 g/mol. The molecule has 3 rings (SSSR count). The number of hydrogen-bond donors (Lipinski definition) is 2. The normalized spacial score (nSPS) is 18.5. The maximum Gasteiger partial charge on any atom is 0.230 e. The van der Waals surface area contributed by atoms with Crippen LogP contribution in [0, 0.1) is 0 Å². The molecule has 1 aromatic carbocycles. The number of hydrogen-bond acceptors (Lipinski definition) is 1. The monoisotopic (exact) mass is 259 g/mol. The van der Waals surface area contributed by atoms with Crippen LogP contribution in [0.1, 0.15) is 36.8 Å². The second kappa shape index (κ2) is 5.74. The first-order valence-electron chi connectivity index (χ1n) is 7.56. The summed E-state index contributed by atoms with van der Waals surface area (Å²) >= 11 is 0.